The zero-order chi connectivity index (χ0) is 26.9. The third-order valence-corrected chi connectivity index (χ3v) is 6.73. The van der Waals surface area contributed by atoms with E-state index in [1.54, 1.807) is 48.5 Å². The number of amides is 5. The molecule has 1 aliphatic rings. The van der Waals surface area contributed by atoms with Gasteiger partial charge in [-0.15, -0.1) is 0 Å². The number of primary amides is 1. The number of nitrogens with one attached hydrogen (secondary N) is 2. The Bertz CT molecular complexity index is 1200. The number of halogens is 1. The Morgan fingerprint density at radius 1 is 1.16 bits per heavy atom. The predicted octanol–water partition coefficient (Wildman–Crippen LogP) is 3.81. The monoisotopic (exact) mass is 590 g/mol. The van der Waals surface area contributed by atoms with Crippen LogP contribution in [0.1, 0.15) is 30.5 Å². The number of nitrogens with zero attached hydrogens (tertiary/aromatic N) is 1. The van der Waals surface area contributed by atoms with Gasteiger partial charge >= 0.3 is 6.03 Å². The first-order chi connectivity index (χ1) is 17.7. The van der Waals surface area contributed by atoms with Gasteiger partial charge in [-0.2, -0.15) is 0 Å². The molecule has 1 aliphatic heterocycles. The average molecular weight is 591 g/mol. The van der Waals surface area contributed by atoms with Crippen molar-refractivity contribution in [2.24, 2.45) is 5.73 Å². The van der Waals surface area contributed by atoms with Crippen LogP contribution in [0.3, 0.4) is 0 Å². The minimum Gasteiger partial charge on any atom is -0.493 e. The van der Waals surface area contributed by atoms with Gasteiger partial charge in [-0.25, -0.2) is 4.79 Å². The van der Waals surface area contributed by atoms with Crippen molar-refractivity contribution in [2.45, 2.75) is 19.4 Å². The van der Waals surface area contributed by atoms with Crippen molar-refractivity contribution in [1.29, 1.82) is 0 Å². The van der Waals surface area contributed by atoms with E-state index in [9.17, 15) is 19.2 Å². The Morgan fingerprint density at radius 3 is 2.54 bits per heavy atom. The number of hydrogen-bond acceptors (Lipinski definition) is 7. The quantitative estimate of drug-likeness (QED) is 0.338. The SMILES string of the molecule is CCOc1ccc(C=C2SC(=O)N(CCNC(=O)CC(NC(N)=O)c3ccc(Br)cc3)C2=O)cc1OC. The Hall–Kier alpha value is -3.51. The second kappa shape index (κ2) is 13.2. The van der Waals surface area contributed by atoms with Gasteiger partial charge in [-0.05, 0) is 60.2 Å². The summed E-state index contributed by atoms with van der Waals surface area (Å²) in [4.78, 5) is 50.5. The van der Waals surface area contributed by atoms with E-state index in [0.717, 1.165) is 21.1 Å². The van der Waals surface area contributed by atoms with Gasteiger partial charge in [-0.3, -0.25) is 19.3 Å². The Labute approximate surface area is 227 Å². The fourth-order valence-corrected chi connectivity index (χ4v) is 4.71. The zero-order valence-electron chi connectivity index (χ0n) is 20.3. The van der Waals surface area contributed by atoms with Gasteiger partial charge in [0.05, 0.1) is 31.1 Å². The van der Waals surface area contributed by atoms with E-state index >= 15 is 0 Å². The lowest BCUT2D eigenvalue weighted by atomic mass is 10.0. The first kappa shape index (κ1) is 28.1. The summed E-state index contributed by atoms with van der Waals surface area (Å²) in [5, 5.41) is 4.82. The van der Waals surface area contributed by atoms with E-state index in [0.29, 0.717) is 29.2 Å². The second-order valence-electron chi connectivity index (χ2n) is 7.84. The van der Waals surface area contributed by atoms with Crippen LogP contribution in [0, 0.1) is 0 Å². The number of carbonyl (C=O) groups is 4. The molecule has 3 rings (SSSR count). The van der Waals surface area contributed by atoms with Crippen LogP contribution >= 0.6 is 27.7 Å². The van der Waals surface area contributed by atoms with Gasteiger partial charge in [0.1, 0.15) is 0 Å². The van der Waals surface area contributed by atoms with Gasteiger partial charge in [-0.1, -0.05) is 34.1 Å². The summed E-state index contributed by atoms with van der Waals surface area (Å²) in [5.41, 5.74) is 6.65. The number of hydrogen-bond donors (Lipinski definition) is 3. The molecule has 0 bridgehead atoms. The van der Waals surface area contributed by atoms with E-state index in [-0.39, 0.29) is 30.3 Å². The highest BCUT2D eigenvalue weighted by atomic mass is 79.9. The Balaban J connectivity index is 1.58. The summed E-state index contributed by atoms with van der Waals surface area (Å²) in [6.45, 7) is 2.42. The van der Waals surface area contributed by atoms with E-state index in [1.807, 2.05) is 6.92 Å². The Morgan fingerprint density at radius 2 is 1.89 bits per heavy atom. The molecule has 4 N–H and O–H groups in total. The molecule has 2 aromatic rings. The highest BCUT2D eigenvalue weighted by molar-refractivity contribution is 9.10. The number of ether oxygens (including phenoxy) is 2. The van der Waals surface area contributed by atoms with Crippen molar-refractivity contribution in [1.82, 2.24) is 15.5 Å². The van der Waals surface area contributed by atoms with Crippen molar-refractivity contribution in [3.63, 3.8) is 0 Å². The third kappa shape index (κ3) is 7.73. The zero-order valence-corrected chi connectivity index (χ0v) is 22.7. The Kier molecular flexibility index (Phi) is 9.98. The van der Waals surface area contributed by atoms with Crippen LogP contribution in [0.25, 0.3) is 6.08 Å². The van der Waals surface area contributed by atoms with Gasteiger partial charge in [0.15, 0.2) is 11.5 Å². The molecular weight excluding hydrogens is 564 g/mol. The second-order valence-corrected chi connectivity index (χ2v) is 9.75. The third-order valence-electron chi connectivity index (χ3n) is 5.29. The van der Waals surface area contributed by atoms with Gasteiger partial charge in [0.25, 0.3) is 11.1 Å². The van der Waals surface area contributed by atoms with Crippen LogP contribution in [0.2, 0.25) is 0 Å². The molecule has 12 heteroatoms. The maximum absolute atomic E-state index is 12.8. The van der Waals surface area contributed by atoms with E-state index < -0.39 is 23.2 Å². The molecule has 1 unspecified atom stereocenters. The molecule has 5 amide bonds. The summed E-state index contributed by atoms with van der Waals surface area (Å²) in [7, 11) is 1.52. The number of thioether (sulfide) groups is 1. The number of urea groups is 1. The number of carbonyl (C=O) groups excluding carboxylic acids is 4. The normalized spacial score (nSPS) is 15.0. The van der Waals surface area contributed by atoms with Crippen molar-refractivity contribution in [2.75, 3.05) is 26.8 Å². The fraction of sp³-hybridized carbons (Fsp3) is 0.280. The highest BCUT2D eigenvalue weighted by Gasteiger charge is 2.34. The van der Waals surface area contributed by atoms with Crippen LogP contribution in [0.4, 0.5) is 9.59 Å². The largest absolute Gasteiger partial charge is 0.493 e. The number of rotatable bonds is 11. The lowest BCUT2D eigenvalue weighted by Gasteiger charge is -2.18. The lowest BCUT2D eigenvalue weighted by molar-refractivity contribution is -0.124. The first-order valence-electron chi connectivity index (χ1n) is 11.4. The molecule has 1 heterocycles. The van der Waals surface area contributed by atoms with Crippen molar-refractivity contribution in [3.8, 4) is 11.5 Å². The summed E-state index contributed by atoms with van der Waals surface area (Å²) in [6.07, 6.45) is 1.55. The molecule has 196 valence electrons. The molecule has 0 aromatic heterocycles. The van der Waals surface area contributed by atoms with Gasteiger partial charge < -0.3 is 25.8 Å². The smallest absolute Gasteiger partial charge is 0.312 e. The first-order valence-corrected chi connectivity index (χ1v) is 13.0. The number of methoxy groups -OCH3 is 1. The molecule has 1 fully saturated rings. The van der Waals surface area contributed by atoms with Crippen LogP contribution in [-0.2, 0) is 9.59 Å². The van der Waals surface area contributed by atoms with Crippen molar-refractivity contribution >= 4 is 56.9 Å². The van der Waals surface area contributed by atoms with Crippen LogP contribution < -0.4 is 25.8 Å². The molecule has 0 spiro atoms. The molecule has 37 heavy (non-hydrogen) atoms. The lowest BCUT2D eigenvalue weighted by Crippen LogP contribution is -2.40. The summed E-state index contributed by atoms with van der Waals surface area (Å²) in [6, 6.07) is 11.0. The molecule has 0 radical (unpaired) electrons. The fourth-order valence-electron chi connectivity index (χ4n) is 3.58. The number of benzene rings is 2. The number of imide groups is 1. The predicted molar refractivity (Wildman–Crippen MR) is 144 cm³/mol. The average Bonchev–Trinajstić information content (AvgIpc) is 3.12. The van der Waals surface area contributed by atoms with Crippen LogP contribution in [0.5, 0.6) is 11.5 Å². The molecule has 0 saturated carbocycles. The van der Waals surface area contributed by atoms with Gasteiger partial charge in [0, 0.05) is 17.6 Å². The maximum atomic E-state index is 12.8. The van der Waals surface area contributed by atoms with Crippen LogP contribution in [0.15, 0.2) is 51.8 Å². The van der Waals surface area contributed by atoms with Crippen molar-refractivity contribution in [3.05, 3.63) is 63.0 Å². The molecule has 2 aromatic carbocycles. The van der Waals surface area contributed by atoms with E-state index in [1.165, 1.54) is 7.11 Å². The molecule has 1 atom stereocenters. The minimum atomic E-state index is -0.754. The van der Waals surface area contributed by atoms with E-state index in [4.69, 9.17) is 15.2 Å². The molecule has 0 aliphatic carbocycles. The summed E-state index contributed by atoms with van der Waals surface area (Å²) >= 11 is 4.17. The number of nitrogens with two attached hydrogens (primary N) is 1. The van der Waals surface area contributed by atoms with Crippen molar-refractivity contribution < 1.29 is 28.7 Å². The highest BCUT2D eigenvalue weighted by Crippen LogP contribution is 2.34. The molecule has 10 nitrogen and oxygen atoms in total. The van der Waals surface area contributed by atoms with Crippen LogP contribution in [-0.4, -0.2) is 54.8 Å². The minimum absolute atomic E-state index is 0.00649. The summed E-state index contributed by atoms with van der Waals surface area (Å²) in [5.74, 6) is 0.287. The molecule has 1 saturated heterocycles. The summed E-state index contributed by atoms with van der Waals surface area (Å²) < 4.78 is 11.7. The topological polar surface area (TPSA) is 140 Å². The maximum Gasteiger partial charge on any atom is 0.312 e. The standard InChI is InChI=1S/C25H27BrN4O6S/c1-3-36-19-9-4-15(12-20(19)35-2)13-21-23(32)30(25(34)37-21)11-10-28-22(31)14-18(29-24(27)33)16-5-7-17(26)8-6-16/h4-9,12-13,18H,3,10-11,14H2,1-2H3,(H,28,31)(H3,27,29,33). The van der Waals surface area contributed by atoms with E-state index in [2.05, 4.69) is 26.6 Å². The van der Waals surface area contributed by atoms with Gasteiger partial charge in [0.2, 0.25) is 5.91 Å². The molecular formula is C25H27BrN4O6S.